The van der Waals surface area contributed by atoms with Gasteiger partial charge in [0.15, 0.2) is 0 Å². The molecule has 0 bridgehead atoms. The summed E-state index contributed by atoms with van der Waals surface area (Å²) in [5.74, 6) is 0.329. The van der Waals surface area contributed by atoms with E-state index in [0.29, 0.717) is 16.7 Å². The average molecular weight is 363 g/mol. The van der Waals surface area contributed by atoms with Crippen LogP contribution in [0.4, 0.5) is 13.2 Å². The van der Waals surface area contributed by atoms with E-state index in [9.17, 15) is 13.2 Å². The van der Waals surface area contributed by atoms with Gasteiger partial charge >= 0.3 is 13.3 Å². The SMILES string of the molecule is CC1(C)OB(c2c(C3CC3)ncc3cc(C(F)(F)F)ccc23)OC1(C)C. The lowest BCUT2D eigenvalue weighted by Crippen LogP contribution is -2.41. The largest absolute Gasteiger partial charge is 0.497 e. The number of hydrogen-bond acceptors (Lipinski definition) is 3. The highest BCUT2D eigenvalue weighted by Crippen LogP contribution is 2.42. The number of rotatable bonds is 2. The van der Waals surface area contributed by atoms with Crippen molar-refractivity contribution in [2.24, 2.45) is 0 Å². The predicted octanol–water partition coefficient (Wildman–Crippen LogP) is 4.43. The zero-order valence-electron chi connectivity index (χ0n) is 15.3. The van der Waals surface area contributed by atoms with E-state index in [1.54, 1.807) is 0 Å². The minimum absolute atomic E-state index is 0.329. The van der Waals surface area contributed by atoms with E-state index in [1.807, 2.05) is 27.7 Å². The van der Waals surface area contributed by atoms with Crippen LogP contribution in [0.5, 0.6) is 0 Å². The normalized spacial score (nSPS) is 22.2. The first-order valence-electron chi connectivity index (χ1n) is 8.85. The fourth-order valence-electron chi connectivity index (χ4n) is 3.33. The fourth-order valence-corrected chi connectivity index (χ4v) is 3.33. The topological polar surface area (TPSA) is 31.4 Å². The number of pyridine rings is 1. The summed E-state index contributed by atoms with van der Waals surface area (Å²) in [7, 11) is -0.636. The van der Waals surface area contributed by atoms with Gasteiger partial charge < -0.3 is 9.31 Å². The van der Waals surface area contributed by atoms with E-state index in [0.717, 1.165) is 36.1 Å². The molecular formula is C19H21BF3NO2. The molecule has 3 nitrogen and oxygen atoms in total. The van der Waals surface area contributed by atoms with E-state index in [1.165, 1.54) is 12.3 Å². The lowest BCUT2D eigenvalue weighted by molar-refractivity contribution is -0.137. The van der Waals surface area contributed by atoms with Gasteiger partial charge in [0.05, 0.1) is 16.8 Å². The van der Waals surface area contributed by atoms with Gasteiger partial charge in [-0.05, 0) is 58.1 Å². The molecule has 1 aliphatic carbocycles. The maximum atomic E-state index is 13.1. The number of alkyl halides is 3. The van der Waals surface area contributed by atoms with Gasteiger partial charge in [-0.15, -0.1) is 0 Å². The van der Waals surface area contributed by atoms with Crippen LogP contribution in [0, 0.1) is 0 Å². The molecule has 1 saturated heterocycles. The van der Waals surface area contributed by atoms with Crippen molar-refractivity contribution in [3.8, 4) is 0 Å². The second kappa shape index (κ2) is 5.46. The van der Waals surface area contributed by atoms with Crippen molar-refractivity contribution in [2.45, 2.75) is 63.8 Å². The Balaban J connectivity index is 1.88. The predicted molar refractivity (Wildman–Crippen MR) is 94.4 cm³/mol. The molecule has 0 N–H and O–H groups in total. The van der Waals surface area contributed by atoms with Crippen LogP contribution in [0.15, 0.2) is 24.4 Å². The average Bonchev–Trinajstić information content (AvgIpc) is 3.32. The minimum Gasteiger partial charge on any atom is -0.399 e. The van der Waals surface area contributed by atoms with Crippen LogP contribution < -0.4 is 5.46 Å². The van der Waals surface area contributed by atoms with E-state index in [-0.39, 0.29) is 0 Å². The maximum absolute atomic E-state index is 13.1. The van der Waals surface area contributed by atoms with E-state index in [2.05, 4.69) is 4.98 Å². The first-order chi connectivity index (χ1) is 12.0. The lowest BCUT2D eigenvalue weighted by atomic mass is 9.74. The number of aromatic nitrogens is 1. The molecule has 0 unspecified atom stereocenters. The molecular weight excluding hydrogens is 342 g/mol. The molecule has 26 heavy (non-hydrogen) atoms. The highest BCUT2D eigenvalue weighted by molar-refractivity contribution is 6.65. The smallest absolute Gasteiger partial charge is 0.399 e. The van der Waals surface area contributed by atoms with Crippen molar-refractivity contribution < 1.29 is 22.5 Å². The van der Waals surface area contributed by atoms with Gasteiger partial charge in [0, 0.05) is 28.7 Å². The molecule has 138 valence electrons. The Morgan fingerprint density at radius 2 is 1.69 bits per heavy atom. The van der Waals surface area contributed by atoms with Crippen LogP contribution in [0.25, 0.3) is 10.8 Å². The second-order valence-corrected chi connectivity index (χ2v) is 8.22. The van der Waals surface area contributed by atoms with Crippen LogP contribution in [0.2, 0.25) is 0 Å². The quantitative estimate of drug-likeness (QED) is 0.740. The van der Waals surface area contributed by atoms with Crippen LogP contribution in [-0.2, 0) is 15.5 Å². The first kappa shape index (κ1) is 17.8. The summed E-state index contributed by atoms with van der Waals surface area (Å²) >= 11 is 0. The number of halogens is 3. The summed E-state index contributed by atoms with van der Waals surface area (Å²) in [6, 6.07) is 3.79. The monoisotopic (exact) mass is 363 g/mol. The second-order valence-electron chi connectivity index (χ2n) is 8.22. The summed E-state index contributed by atoms with van der Waals surface area (Å²) in [4.78, 5) is 4.50. The van der Waals surface area contributed by atoms with Crippen molar-refractivity contribution in [1.29, 1.82) is 0 Å². The van der Waals surface area contributed by atoms with E-state index < -0.39 is 30.1 Å². The zero-order valence-corrected chi connectivity index (χ0v) is 15.3. The number of nitrogens with zero attached hydrogens (tertiary/aromatic N) is 1. The molecule has 0 radical (unpaired) electrons. The van der Waals surface area contributed by atoms with Crippen molar-refractivity contribution in [3.63, 3.8) is 0 Å². The van der Waals surface area contributed by atoms with Gasteiger partial charge in [0.1, 0.15) is 0 Å². The third-order valence-electron chi connectivity index (χ3n) is 5.74. The van der Waals surface area contributed by atoms with Gasteiger partial charge in [0.25, 0.3) is 0 Å². The van der Waals surface area contributed by atoms with E-state index in [4.69, 9.17) is 9.31 Å². The van der Waals surface area contributed by atoms with Gasteiger partial charge in [-0.1, -0.05) is 6.07 Å². The van der Waals surface area contributed by atoms with Gasteiger partial charge in [0.2, 0.25) is 0 Å². The Kier molecular flexibility index (Phi) is 3.74. The molecule has 4 rings (SSSR count). The lowest BCUT2D eigenvalue weighted by Gasteiger charge is -2.32. The summed E-state index contributed by atoms with van der Waals surface area (Å²) in [6.45, 7) is 7.85. The first-order valence-corrected chi connectivity index (χ1v) is 8.85. The molecule has 1 aromatic carbocycles. The van der Waals surface area contributed by atoms with Crippen molar-refractivity contribution >= 4 is 23.4 Å². The van der Waals surface area contributed by atoms with Crippen molar-refractivity contribution in [1.82, 2.24) is 4.98 Å². The molecule has 1 aliphatic heterocycles. The minimum atomic E-state index is -4.38. The molecule has 2 fully saturated rings. The summed E-state index contributed by atoms with van der Waals surface area (Å²) in [5.41, 5.74) is -0.0574. The zero-order chi connectivity index (χ0) is 18.9. The number of fused-ring (bicyclic) bond motifs is 1. The molecule has 1 aromatic heterocycles. The standard InChI is InChI=1S/C19H21BF3NO2/c1-17(2)18(3,4)26-20(25-17)15-14-8-7-13(19(21,22)23)9-12(14)10-24-16(15)11-5-6-11/h7-11H,5-6H2,1-4H3. The van der Waals surface area contributed by atoms with Crippen molar-refractivity contribution in [2.75, 3.05) is 0 Å². The molecule has 7 heteroatoms. The van der Waals surface area contributed by atoms with Crippen LogP contribution >= 0.6 is 0 Å². The highest BCUT2D eigenvalue weighted by Gasteiger charge is 2.53. The Morgan fingerprint density at radius 3 is 2.23 bits per heavy atom. The molecule has 0 amide bonds. The third kappa shape index (κ3) is 2.81. The highest BCUT2D eigenvalue weighted by atomic mass is 19.4. The Labute approximate surface area is 151 Å². The molecule has 2 aliphatic rings. The van der Waals surface area contributed by atoms with Gasteiger partial charge in [-0.3, -0.25) is 4.98 Å². The van der Waals surface area contributed by atoms with Gasteiger partial charge in [-0.2, -0.15) is 13.2 Å². The van der Waals surface area contributed by atoms with Crippen molar-refractivity contribution in [3.05, 3.63) is 35.7 Å². The number of hydrogen-bond donors (Lipinski definition) is 0. The van der Waals surface area contributed by atoms with Crippen LogP contribution in [0.3, 0.4) is 0 Å². The van der Waals surface area contributed by atoms with Crippen LogP contribution in [-0.4, -0.2) is 23.3 Å². The van der Waals surface area contributed by atoms with E-state index >= 15 is 0 Å². The van der Waals surface area contributed by atoms with Crippen LogP contribution in [0.1, 0.15) is 57.7 Å². The third-order valence-corrected chi connectivity index (χ3v) is 5.74. The Morgan fingerprint density at radius 1 is 1.08 bits per heavy atom. The molecule has 2 aromatic rings. The molecule has 0 atom stereocenters. The molecule has 1 saturated carbocycles. The number of benzene rings is 1. The summed E-state index contributed by atoms with van der Waals surface area (Å²) < 4.78 is 51.6. The molecule has 0 spiro atoms. The Hall–Kier alpha value is -1.60. The Bertz CT molecular complexity index is 859. The molecule has 2 heterocycles. The van der Waals surface area contributed by atoms with Gasteiger partial charge in [-0.25, -0.2) is 0 Å². The summed E-state index contributed by atoms with van der Waals surface area (Å²) in [6.07, 6.45) is -0.780. The summed E-state index contributed by atoms with van der Waals surface area (Å²) in [5, 5.41) is 1.17. The fraction of sp³-hybridized carbons (Fsp3) is 0.526. The maximum Gasteiger partial charge on any atom is 0.497 e.